The molecule has 0 saturated heterocycles. The lowest BCUT2D eigenvalue weighted by atomic mass is 10.1. The van der Waals surface area contributed by atoms with Crippen LogP contribution < -0.4 is 10.2 Å². The molecule has 0 amide bonds. The van der Waals surface area contributed by atoms with Gasteiger partial charge in [0.2, 0.25) is 11.0 Å². The lowest BCUT2D eigenvalue weighted by Crippen LogP contribution is -1.99. The standard InChI is InChI=1S/C24H19N5O2S/c1-16-10-12-17(13-11-16)23-28-27-22(31-23)15-30-20-8-4-2-6-18(20)14-25-29-24-26-19-7-3-5-9-21(19)32-24/h2-14H,15H2,1H3,(H,26,29)/b25-14-. The molecule has 0 spiro atoms. The van der Waals surface area contributed by atoms with E-state index in [9.17, 15) is 0 Å². The van der Waals surface area contributed by atoms with Gasteiger partial charge in [-0.1, -0.05) is 53.3 Å². The van der Waals surface area contributed by atoms with Crippen LogP contribution in [0.3, 0.4) is 0 Å². The zero-order chi connectivity index (χ0) is 21.8. The predicted octanol–water partition coefficient (Wildman–Crippen LogP) is 5.68. The van der Waals surface area contributed by atoms with Crippen molar-refractivity contribution in [3.63, 3.8) is 0 Å². The van der Waals surface area contributed by atoms with E-state index in [4.69, 9.17) is 9.15 Å². The van der Waals surface area contributed by atoms with Gasteiger partial charge in [0, 0.05) is 11.1 Å². The van der Waals surface area contributed by atoms with Crippen molar-refractivity contribution in [2.45, 2.75) is 13.5 Å². The molecular weight excluding hydrogens is 422 g/mol. The predicted molar refractivity (Wildman–Crippen MR) is 126 cm³/mol. The number of rotatable bonds is 7. The Kier molecular flexibility index (Phi) is 5.59. The minimum Gasteiger partial charge on any atom is -0.483 e. The summed E-state index contributed by atoms with van der Waals surface area (Å²) in [7, 11) is 0. The largest absolute Gasteiger partial charge is 0.483 e. The molecule has 0 fully saturated rings. The van der Waals surface area contributed by atoms with E-state index >= 15 is 0 Å². The van der Waals surface area contributed by atoms with Gasteiger partial charge in [0.15, 0.2) is 6.61 Å². The minimum atomic E-state index is 0.162. The van der Waals surface area contributed by atoms with Crippen LogP contribution in [-0.2, 0) is 6.61 Å². The number of nitrogens with one attached hydrogen (secondary N) is 1. The zero-order valence-corrected chi connectivity index (χ0v) is 18.0. The van der Waals surface area contributed by atoms with Crippen LogP contribution in [0.5, 0.6) is 5.75 Å². The normalized spacial score (nSPS) is 11.3. The smallest absolute Gasteiger partial charge is 0.254 e. The van der Waals surface area contributed by atoms with Gasteiger partial charge in [-0.3, -0.25) is 5.43 Å². The van der Waals surface area contributed by atoms with E-state index in [1.54, 1.807) is 17.6 Å². The van der Waals surface area contributed by atoms with Crippen molar-refractivity contribution in [2.24, 2.45) is 5.10 Å². The van der Waals surface area contributed by atoms with Gasteiger partial charge >= 0.3 is 0 Å². The number of hydrogen-bond acceptors (Lipinski definition) is 8. The molecule has 0 unspecified atom stereocenters. The molecule has 0 aliphatic rings. The number of anilines is 1. The fourth-order valence-corrected chi connectivity index (χ4v) is 3.88. The van der Waals surface area contributed by atoms with Crippen molar-refractivity contribution >= 4 is 32.9 Å². The third kappa shape index (κ3) is 4.50. The second-order valence-electron chi connectivity index (χ2n) is 7.05. The molecule has 0 atom stereocenters. The fraction of sp³-hybridized carbons (Fsp3) is 0.0833. The van der Waals surface area contributed by atoms with Crippen molar-refractivity contribution in [3.05, 3.63) is 89.8 Å². The maximum Gasteiger partial charge on any atom is 0.254 e. The molecule has 158 valence electrons. The summed E-state index contributed by atoms with van der Waals surface area (Å²) < 4.78 is 12.8. The summed E-state index contributed by atoms with van der Waals surface area (Å²) in [5.41, 5.74) is 6.81. The number of aromatic nitrogens is 3. The maximum absolute atomic E-state index is 5.91. The van der Waals surface area contributed by atoms with Crippen molar-refractivity contribution in [2.75, 3.05) is 5.43 Å². The number of ether oxygens (including phenoxy) is 1. The lowest BCUT2D eigenvalue weighted by Gasteiger charge is -2.06. The molecule has 5 aromatic rings. The topological polar surface area (TPSA) is 85.4 Å². The van der Waals surface area contributed by atoms with Gasteiger partial charge in [0.05, 0.1) is 16.4 Å². The Bertz CT molecular complexity index is 1340. The highest BCUT2D eigenvalue weighted by molar-refractivity contribution is 7.22. The Balaban J connectivity index is 1.24. The second-order valence-corrected chi connectivity index (χ2v) is 8.08. The molecule has 5 rings (SSSR count). The molecular formula is C24H19N5O2S. The van der Waals surface area contributed by atoms with Crippen molar-refractivity contribution in [1.82, 2.24) is 15.2 Å². The summed E-state index contributed by atoms with van der Waals surface area (Å²) in [6.45, 7) is 2.20. The Morgan fingerprint density at radius 3 is 2.69 bits per heavy atom. The number of hydrazone groups is 1. The van der Waals surface area contributed by atoms with Crippen LogP contribution in [0.4, 0.5) is 5.13 Å². The van der Waals surface area contributed by atoms with Crippen LogP contribution in [0, 0.1) is 6.92 Å². The van der Waals surface area contributed by atoms with E-state index in [1.165, 1.54) is 5.56 Å². The highest BCUT2D eigenvalue weighted by atomic mass is 32.1. The first-order chi connectivity index (χ1) is 15.7. The molecule has 0 aliphatic carbocycles. The number of thiazole rings is 1. The van der Waals surface area contributed by atoms with Crippen LogP contribution in [0.25, 0.3) is 21.7 Å². The SMILES string of the molecule is Cc1ccc(-c2nnc(COc3ccccc3/C=N\Nc3nc4ccccc4s3)o2)cc1. The Hall–Kier alpha value is -4.04. The van der Waals surface area contributed by atoms with Crippen LogP contribution in [-0.4, -0.2) is 21.4 Å². The van der Waals surface area contributed by atoms with Crippen LogP contribution in [0.2, 0.25) is 0 Å². The summed E-state index contributed by atoms with van der Waals surface area (Å²) in [6.07, 6.45) is 1.70. The summed E-state index contributed by atoms with van der Waals surface area (Å²) in [5, 5.41) is 13.2. The molecule has 2 heterocycles. The number of benzene rings is 3. The average Bonchev–Trinajstić information content (AvgIpc) is 3.46. The van der Waals surface area contributed by atoms with Crippen LogP contribution in [0.1, 0.15) is 17.0 Å². The van der Waals surface area contributed by atoms with E-state index in [1.807, 2.05) is 79.7 Å². The third-order valence-corrected chi connectivity index (χ3v) is 5.63. The maximum atomic E-state index is 5.91. The average molecular weight is 442 g/mol. The third-order valence-electron chi connectivity index (χ3n) is 4.69. The van der Waals surface area contributed by atoms with E-state index in [0.29, 0.717) is 17.5 Å². The monoisotopic (exact) mass is 441 g/mol. The van der Waals surface area contributed by atoms with Gasteiger partial charge < -0.3 is 9.15 Å². The van der Waals surface area contributed by atoms with Gasteiger partial charge in [0.25, 0.3) is 5.89 Å². The van der Waals surface area contributed by atoms with Crippen molar-refractivity contribution in [1.29, 1.82) is 0 Å². The highest BCUT2D eigenvalue weighted by Crippen LogP contribution is 2.25. The lowest BCUT2D eigenvalue weighted by molar-refractivity contribution is 0.264. The Labute approximate surface area is 188 Å². The molecule has 0 radical (unpaired) electrons. The molecule has 3 aromatic carbocycles. The van der Waals surface area contributed by atoms with Gasteiger partial charge in [-0.05, 0) is 43.3 Å². The van der Waals surface area contributed by atoms with Crippen LogP contribution >= 0.6 is 11.3 Å². The van der Waals surface area contributed by atoms with Gasteiger partial charge in [0.1, 0.15) is 5.75 Å². The number of hydrogen-bond donors (Lipinski definition) is 1. The molecule has 2 aromatic heterocycles. The van der Waals surface area contributed by atoms with Gasteiger partial charge in [-0.25, -0.2) is 4.98 Å². The quantitative estimate of drug-likeness (QED) is 0.258. The molecule has 32 heavy (non-hydrogen) atoms. The van der Waals surface area contributed by atoms with Crippen molar-refractivity contribution < 1.29 is 9.15 Å². The summed E-state index contributed by atoms with van der Waals surface area (Å²) in [5.74, 6) is 1.54. The molecule has 1 N–H and O–H groups in total. The Morgan fingerprint density at radius 1 is 1.00 bits per heavy atom. The van der Waals surface area contributed by atoms with Gasteiger partial charge in [-0.2, -0.15) is 5.10 Å². The molecule has 8 heteroatoms. The molecule has 0 aliphatic heterocycles. The molecule has 7 nitrogen and oxygen atoms in total. The van der Waals surface area contributed by atoms with E-state index < -0.39 is 0 Å². The molecule has 0 bridgehead atoms. The van der Waals surface area contributed by atoms with E-state index in [-0.39, 0.29) is 6.61 Å². The summed E-state index contributed by atoms with van der Waals surface area (Å²) in [4.78, 5) is 4.51. The first-order valence-electron chi connectivity index (χ1n) is 10.0. The van der Waals surface area contributed by atoms with E-state index in [2.05, 4.69) is 25.7 Å². The number of para-hydroxylation sites is 2. The highest BCUT2D eigenvalue weighted by Gasteiger charge is 2.10. The van der Waals surface area contributed by atoms with E-state index in [0.717, 1.165) is 26.5 Å². The minimum absolute atomic E-state index is 0.162. The number of nitrogens with zero attached hydrogens (tertiary/aromatic N) is 4. The fourth-order valence-electron chi connectivity index (χ4n) is 3.06. The first kappa shape index (κ1) is 19.9. The van der Waals surface area contributed by atoms with Crippen molar-refractivity contribution in [3.8, 4) is 17.2 Å². The molecule has 0 saturated carbocycles. The summed E-state index contributed by atoms with van der Waals surface area (Å²) >= 11 is 1.55. The number of aryl methyl sites for hydroxylation is 1. The zero-order valence-electron chi connectivity index (χ0n) is 17.2. The first-order valence-corrected chi connectivity index (χ1v) is 10.8. The van der Waals surface area contributed by atoms with Crippen LogP contribution in [0.15, 0.2) is 82.3 Å². The Morgan fingerprint density at radius 2 is 1.81 bits per heavy atom. The summed E-state index contributed by atoms with van der Waals surface area (Å²) in [6, 6.07) is 23.5. The van der Waals surface area contributed by atoms with Gasteiger partial charge in [-0.15, -0.1) is 10.2 Å². The number of fused-ring (bicyclic) bond motifs is 1. The second kappa shape index (κ2) is 8.99.